The molecule has 2 unspecified atom stereocenters. The predicted octanol–water partition coefficient (Wildman–Crippen LogP) is 1.83. The molecule has 1 saturated heterocycles. The van der Waals surface area contributed by atoms with Crippen molar-refractivity contribution in [3.8, 4) is 0 Å². The highest BCUT2D eigenvalue weighted by Crippen LogP contribution is 2.25. The van der Waals surface area contributed by atoms with Crippen LogP contribution in [0.2, 0.25) is 0 Å². The van der Waals surface area contributed by atoms with Crippen molar-refractivity contribution >= 4 is 17.6 Å². The van der Waals surface area contributed by atoms with E-state index in [2.05, 4.69) is 4.98 Å². The van der Waals surface area contributed by atoms with Gasteiger partial charge in [-0.05, 0) is 31.4 Å². The molecule has 1 fully saturated rings. The number of hydrogen-bond acceptors (Lipinski definition) is 4. The van der Waals surface area contributed by atoms with Crippen LogP contribution in [0.3, 0.4) is 0 Å². The Morgan fingerprint density at radius 3 is 2.63 bits per heavy atom. The second-order valence-electron chi connectivity index (χ2n) is 5.24. The molecule has 0 amide bonds. The summed E-state index contributed by atoms with van der Waals surface area (Å²) in [6, 6.07) is 3.52. The molecule has 19 heavy (non-hydrogen) atoms. The van der Waals surface area contributed by atoms with Gasteiger partial charge in [-0.1, -0.05) is 6.92 Å². The number of aliphatic carboxylic acids is 1. The molecule has 0 saturated carbocycles. The zero-order chi connectivity index (χ0) is 14.0. The number of nitrogens with zero attached hydrogens (tertiary/aromatic N) is 2. The van der Waals surface area contributed by atoms with Crippen molar-refractivity contribution in [2.45, 2.75) is 20.3 Å². The summed E-state index contributed by atoms with van der Waals surface area (Å²) in [5, 5.41) is 9.15. The Kier molecular flexibility index (Phi) is 3.83. The molecule has 0 aromatic carbocycles. The lowest BCUT2D eigenvalue weighted by atomic mass is 9.90. The summed E-state index contributed by atoms with van der Waals surface area (Å²) in [5.41, 5.74) is 0.573. The fraction of sp³-hybridized carbons (Fsp3) is 0.500. The van der Waals surface area contributed by atoms with Gasteiger partial charge in [0.05, 0.1) is 5.92 Å². The Bertz CT molecular complexity index is 484. The Labute approximate surface area is 112 Å². The zero-order valence-electron chi connectivity index (χ0n) is 11.2. The van der Waals surface area contributed by atoms with Crippen LogP contribution in [0.4, 0.5) is 5.82 Å². The summed E-state index contributed by atoms with van der Waals surface area (Å²) in [5.74, 6) is -0.0589. The molecule has 5 heteroatoms. The van der Waals surface area contributed by atoms with E-state index in [0.29, 0.717) is 24.4 Å². The lowest BCUT2D eigenvalue weighted by molar-refractivity contribution is -0.142. The molecule has 0 bridgehead atoms. The average molecular weight is 262 g/mol. The van der Waals surface area contributed by atoms with E-state index in [1.54, 1.807) is 18.3 Å². The van der Waals surface area contributed by atoms with E-state index in [0.717, 1.165) is 12.4 Å². The summed E-state index contributed by atoms with van der Waals surface area (Å²) < 4.78 is 0. The number of anilines is 1. The largest absolute Gasteiger partial charge is 0.481 e. The first-order chi connectivity index (χ1) is 8.97. The highest BCUT2D eigenvalue weighted by Gasteiger charge is 2.30. The van der Waals surface area contributed by atoms with Gasteiger partial charge in [-0.15, -0.1) is 0 Å². The van der Waals surface area contributed by atoms with Crippen molar-refractivity contribution in [1.29, 1.82) is 0 Å². The summed E-state index contributed by atoms with van der Waals surface area (Å²) in [7, 11) is 0. The third-order valence-corrected chi connectivity index (χ3v) is 3.49. The van der Waals surface area contributed by atoms with Gasteiger partial charge in [-0.3, -0.25) is 9.59 Å². The third-order valence-electron chi connectivity index (χ3n) is 3.49. The molecule has 102 valence electrons. The minimum absolute atomic E-state index is 0.0190. The number of ketones is 1. The topological polar surface area (TPSA) is 70.5 Å². The Hall–Kier alpha value is -1.91. The average Bonchev–Trinajstić information content (AvgIpc) is 2.38. The van der Waals surface area contributed by atoms with Crippen LogP contribution in [-0.2, 0) is 4.79 Å². The highest BCUT2D eigenvalue weighted by atomic mass is 16.4. The van der Waals surface area contributed by atoms with Crippen LogP contribution >= 0.6 is 0 Å². The molecule has 1 aromatic rings. The minimum Gasteiger partial charge on any atom is -0.481 e. The van der Waals surface area contributed by atoms with E-state index in [1.807, 2.05) is 11.8 Å². The fourth-order valence-corrected chi connectivity index (χ4v) is 2.50. The lowest BCUT2D eigenvalue weighted by Gasteiger charge is -2.35. The summed E-state index contributed by atoms with van der Waals surface area (Å²) in [6.07, 6.45) is 2.25. The number of piperidine rings is 1. The summed E-state index contributed by atoms with van der Waals surface area (Å²) in [6.45, 7) is 4.83. The Morgan fingerprint density at radius 2 is 2.11 bits per heavy atom. The van der Waals surface area contributed by atoms with Crippen molar-refractivity contribution in [3.05, 3.63) is 23.9 Å². The van der Waals surface area contributed by atoms with Crippen molar-refractivity contribution in [1.82, 2.24) is 4.98 Å². The van der Waals surface area contributed by atoms with E-state index in [9.17, 15) is 9.59 Å². The van der Waals surface area contributed by atoms with Gasteiger partial charge >= 0.3 is 5.97 Å². The van der Waals surface area contributed by atoms with E-state index in [1.165, 1.54) is 6.92 Å². The van der Waals surface area contributed by atoms with E-state index >= 15 is 0 Å². The maximum absolute atomic E-state index is 11.2. The van der Waals surface area contributed by atoms with Gasteiger partial charge in [0.15, 0.2) is 5.78 Å². The molecule has 1 N–H and O–H groups in total. The summed E-state index contributed by atoms with van der Waals surface area (Å²) in [4.78, 5) is 28.6. The van der Waals surface area contributed by atoms with Crippen LogP contribution in [0.25, 0.3) is 0 Å². The molecular weight excluding hydrogens is 244 g/mol. The predicted molar refractivity (Wildman–Crippen MR) is 71.4 cm³/mol. The maximum atomic E-state index is 11.2. The van der Waals surface area contributed by atoms with Gasteiger partial charge in [0.1, 0.15) is 5.82 Å². The smallest absolute Gasteiger partial charge is 0.308 e. The third kappa shape index (κ3) is 3.10. The molecule has 2 rings (SSSR count). The van der Waals surface area contributed by atoms with E-state index in [4.69, 9.17) is 5.11 Å². The first kappa shape index (κ1) is 13.5. The fourth-order valence-electron chi connectivity index (χ4n) is 2.50. The highest BCUT2D eigenvalue weighted by molar-refractivity contribution is 5.93. The molecule has 1 aromatic heterocycles. The van der Waals surface area contributed by atoms with Crippen molar-refractivity contribution in [2.24, 2.45) is 11.8 Å². The molecule has 1 aliphatic rings. The second-order valence-corrected chi connectivity index (χ2v) is 5.24. The van der Waals surface area contributed by atoms with Gasteiger partial charge in [0.2, 0.25) is 0 Å². The van der Waals surface area contributed by atoms with E-state index in [-0.39, 0.29) is 11.7 Å². The van der Waals surface area contributed by atoms with Crippen LogP contribution in [0, 0.1) is 11.8 Å². The quantitative estimate of drug-likeness (QED) is 0.841. The molecule has 2 atom stereocenters. The monoisotopic (exact) mass is 262 g/mol. The number of carbonyl (C=O) groups is 2. The number of pyridine rings is 1. The molecular formula is C14H18N2O3. The van der Waals surface area contributed by atoms with Crippen LogP contribution in [0.15, 0.2) is 18.3 Å². The van der Waals surface area contributed by atoms with Crippen molar-refractivity contribution < 1.29 is 14.7 Å². The van der Waals surface area contributed by atoms with Gasteiger partial charge in [0.25, 0.3) is 0 Å². The number of aromatic nitrogens is 1. The second kappa shape index (κ2) is 5.38. The van der Waals surface area contributed by atoms with Crippen molar-refractivity contribution in [3.63, 3.8) is 0 Å². The first-order valence-corrected chi connectivity index (χ1v) is 6.42. The number of Topliss-reactive ketones (excluding diaryl/α,β-unsaturated/α-hetero) is 1. The van der Waals surface area contributed by atoms with Gasteiger partial charge in [-0.25, -0.2) is 4.98 Å². The van der Waals surface area contributed by atoms with E-state index < -0.39 is 5.97 Å². The molecule has 0 radical (unpaired) electrons. The number of rotatable bonds is 3. The van der Waals surface area contributed by atoms with Crippen LogP contribution in [0.5, 0.6) is 0 Å². The lowest BCUT2D eigenvalue weighted by Crippen LogP contribution is -2.42. The van der Waals surface area contributed by atoms with Gasteiger partial charge in [-0.2, -0.15) is 0 Å². The SMILES string of the molecule is CC(=O)c1ccc(N2CC(C)CC(C(=O)O)C2)nc1. The van der Waals surface area contributed by atoms with Crippen molar-refractivity contribution in [2.75, 3.05) is 18.0 Å². The van der Waals surface area contributed by atoms with Gasteiger partial charge in [0, 0.05) is 24.8 Å². The van der Waals surface area contributed by atoms with Crippen LogP contribution in [-0.4, -0.2) is 34.9 Å². The molecule has 0 aliphatic carbocycles. The maximum Gasteiger partial charge on any atom is 0.308 e. The minimum atomic E-state index is -0.753. The van der Waals surface area contributed by atoms with Crippen LogP contribution in [0.1, 0.15) is 30.6 Å². The Balaban J connectivity index is 2.16. The summed E-state index contributed by atoms with van der Waals surface area (Å²) >= 11 is 0. The normalized spacial score (nSPS) is 23.2. The number of carboxylic acid groups (broad SMARTS) is 1. The van der Waals surface area contributed by atoms with Gasteiger partial charge < -0.3 is 10.0 Å². The number of carboxylic acids is 1. The molecule has 0 spiro atoms. The molecule has 5 nitrogen and oxygen atoms in total. The van der Waals surface area contributed by atoms with Crippen LogP contribution < -0.4 is 4.90 Å². The number of carbonyl (C=O) groups excluding carboxylic acids is 1. The molecule has 1 aliphatic heterocycles. The number of hydrogen-bond donors (Lipinski definition) is 1. The standard InChI is InChI=1S/C14H18N2O3/c1-9-5-12(14(18)19)8-16(7-9)13-4-3-11(6-15-13)10(2)17/h3-4,6,9,12H,5,7-8H2,1-2H3,(H,18,19). The molecule has 2 heterocycles. The zero-order valence-corrected chi connectivity index (χ0v) is 11.2. The first-order valence-electron chi connectivity index (χ1n) is 6.42. The Morgan fingerprint density at radius 1 is 1.37 bits per heavy atom.